The number of rotatable bonds is 4. The topological polar surface area (TPSA) is 92.5 Å². The van der Waals surface area contributed by atoms with Crippen molar-refractivity contribution in [1.82, 2.24) is 4.72 Å². The molecule has 2 unspecified atom stereocenters. The van der Waals surface area contributed by atoms with Crippen LogP contribution >= 0.6 is 12.4 Å². The minimum atomic E-state index is -3.54. The van der Waals surface area contributed by atoms with Gasteiger partial charge in [0.05, 0.1) is 10.8 Å². The summed E-state index contributed by atoms with van der Waals surface area (Å²) in [5.41, 5.74) is 7.63. The van der Waals surface area contributed by atoms with Crippen LogP contribution in [-0.2, 0) is 21.2 Å². The molecule has 2 aliphatic rings. The van der Waals surface area contributed by atoms with Crippen molar-refractivity contribution in [2.45, 2.75) is 56.4 Å². The number of carbonyl (C=O) groups excluding carboxylic acids is 1. The van der Waals surface area contributed by atoms with Gasteiger partial charge in [-0.3, -0.25) is 4.79 Å². The van der Waals surface area contributed by atoms with Gasteiger partial charge in [0.1, 0.15) is 0 Å². The van der Waals surface area contributed by atoms with Gasteiger partial charge in [-0.25, -0.2) is 13.1 Å². The monoisotopic (exact) mass is 401 g/mol. The van der Waals surface area contributed by atoms with Crippen molar-refractivity contribution in [3.05, 3.63) is 23.8 Å². The predicted molar refractivity (Wildman–Crippen MR) is 105 cm³/mol. The molecule has 1 amide bonds. The van der Waals surface area contributed by atoms with Gasteiger partial charge in [0.25, 0.3) is 0 Å². The summed E-state index contributed by atoms with van der Waals surface area (Å²) < 4.78 is 27.1. The summed E-state index contributed by atoms with van der Waals surface area (Å²) in [6.07, 6.45) is 4.46. The van der Waals surface area contributed by atoms with Gasteiger partial charge in [-0.1, -0.05) is 25.8 Å². The lowest BCUT2D eigenvalue weighted by molar-refractivity contribution is -0.125. The lowest BCUT2D eigenvalue weighted by atomic mass is 9.74. The Morgan fingerprint density at radius 3 is 2.77 bits per heavy atom. The maximum absolute atomic E-state index is 13.1. The van der Waals surface area contributed by atoms with E-state index >= 15 is 0 Å². The molecular formula is C18H28ClN3O3S. The average molecular weight is 402 g/mol. The highest BCUT2D eigenvalue weighted by atomic mass is 35.5. The van der Waals surface area contributed by atoms with E-state index in [2.05, 4.69) is 4.72 Å². The molecular weight excluding hydrogens is 374 g/mol. The maximum atomic E-state index is 13.1. The van der Waals surface area contributed by atoms with E-state index in [1.54, 1.807) is 24.0 Å². The molecule has 1 aromatic rings. The molecule has 2 atom stereocenters. The van der Waals surface area contributed by atoms with E-state index in [1.807, 2.05) is 13.0 Å². The zero-order chi connectivity index (χ0) is 18.2. The second kappa shape index (κ2) is 7.84. The van der Waals surface area contributed by atoms with Crippen molar-refractivity contribution in [2.24, 2.45) is 11.7 Å². The number of halogens is 1. The summed E-state index contributed by atoms with van der Waals surface area (Å²) in [5, 5.41) is 0. The Kier molecular flexibility index (Phi) is 6.38. The third-order valence-corrected chi connectivity index (χ3v) is 6.96. The molecule has 6 nitrogen and oxygen atoms in total. The second-order valence-electron chi connectivity index (χ2n) is 7.34. The Bertz CT molecular complexity index is 780. The molecule has 1 fully saturated rings. The number of hydrogen-bond acceptors (Lipinski definition) is 4. The van der Waals surface area contributed by atoms with Crippen molar-refractivity contribution in [2.75, 3.05) is 18.0 Å². The van der Waals surface area contributed by atoms with Crippen LogP contribution in [0.5, 0.6) is 0 Å². The number of carbonyl (C=O) groups is 1. The highest BCUT2D eigenvalue weighted by Crippen LogP contribution is 2.37. The van der Waals surface area contributed by atoms with E-state index in [0.717, 1.165) is 37.7 Å². The van der Waals surface area contributed by atoms with E-state index in [9.17, 15) is 13.2 Å². The lowest BCUT2D eigenvalue weighted by Crippen LogP contribution is -2.53. The molecule has 146 valence electrons. The van der Waals surface area contributed by atoms with Gasteiger partial charge in [0.2, 0.25) is 15.9 Å². The van der Waals surface area contributed by atoms with Crippen LogP contribution in [0.3, 0.4) is 0 Å². The molecule has 3 rings (SSSR count). The highest BCUT2D eigenvalue weighted by Gasteiger charge is 2.41. The van der Waals surface area contributed by atoms with Gasteiger partial charge in [-0.2, -0.15) is 0 Å². The van der Waals surface area contributed by atoms with Gasteiger partial charge < -0.3 is 10.6 Å². The Balaban J connectivity index is 0.00000243. The first kappa shape index (κ1) is 21.2. The van der Waals surface area contributed by atoms with E-state index in [1.165, 1.54) is 0 Å². The fraction of sp³-hybridized carbons (Fsp3) is 0.611. The molecule has 1 aliphatic carbocycles. The van der Waals surface area contributed by atoms with Crippen LogP contribution in [0.15, 0.2) is 23.1 Å². The first-order valence-electron chi connectivity index (χ1n) is 8.99. The third kappa shape index (κ3) is 3.91. The number of nitrogens with two attached hydrogens (primary N) is 1. The Morgan fingerprint density at radius 1 is 1.38 bits per heavy atom. The quantitative estimate of drug-likeness (QED) is 0.808. The number of hydrogen-bond donors (Lipinski definition) is 2. The van der Waals surface area contributed by atoms with Crippen LogP contribution in [0.25, 0.3) is 0 Å². The number of benzene rings is 1. The molecule has 1 aliphatic heterocycles. The summed E-state index contributed by atoms with van der Waals surface area (Å²) in [6.45, 7) is 4.62. The van der Waals surface area contributed by atoms with Crippen molar-refractivity contribution in [1.29, 1.82) is 0 Å². The van der Waals surface area contributed by atoms with Crippen LogP contribution < -0.4 is 15.4 Å². The molecule has 1 saturated carbocycles. The molecule has 26 heavy (non-hydrogen) atoms. The van der Waals surface area contributed by atoms with Crippen LogP contribution in [0, 0.1) is 5.92 Å². The number of anilines is 1. The first-order chi connectivity index (χ1) is 11.8. The molecule has 0 bridgehead atoms. The van der Waals surface area contributed by atoms with E-state index in [-0.39, 0.29) is 29.1 Å². The summed E-state index contributed by atoms with van der Waals surface area (Å²) >= 11 is 0. The molecule has 1 aromatic carbocycles. The molecule has 8 heteroatoms. The number of nitrogens with one attached hydrogen (secondary N) is 1. The normalized spacial score (nSPS) is 25.5. The predicted octanol–water partition coefficient (Wildman–Crippen LogP) is 2.20. The van der Waals surface area contributed by atoms with Gasteiger partial charge >= 0.3 is 0 Å². The zero-order valence-electron chi connectivity index (χ0n) is 15.3. The van der Waals surface area contributed by atoms with Crippen molar-refractivity contribution >= 4 is 34.0 Å². The third-order valence-electron chi connectivity index (χ3n) is 5.42. The fourth-order valence-corrected chi connectivity index (χ4v) is 5.04. The van der Waals surface area contributed by atoms with Gasteiger partial charge in [-0.15, -0.1) is 12.4 Å². The Hall–Kier alpha value is -1.15. The lowest BCUT2D eigenvalue weighted by Gasteiger charge is -2.39. The first-order valence-corrected chi connectivity index (χ1v) is 10.5. The van der Waals surface area contributed by atoms with Gasteiger partial charge in [0.15, 0.2) is 0 Å². The van der Waals surface area contributed by atoms with Crippen LogP contribution in [0.1, 0.15) is 45.1 Å². The zero-order valence-corrected chi connectivity index (χ0v) is 17.0. The number of fused-ring (bicyclic) bond motifs is 1. The standard InChI is InChI=1S/C18H27N3O3S.ClH/c1-3-20-25(23,24)14-8-7-13-9-11-21(16(13)12-14)17(22)15-6-4-5-10-18(15,2)19;/h7-8,12,15,20H,3-6,9-11,19H2,1-2H3;1H. The maximum Gasteiger partial charge on any atom is 0.240 e. The van der Waals surface area contributed by atoms with E-state index < -0.39 is 15.6 Å². The summed E-state index contributed by atoms with van der Waals surface area (Å²) in [4.78, 5) is 15.1. The highest BCUT2D eigenvalue weighted by molar-refractivity contribution is 7.89. The molecule has 0 saturated heterocycles. The fourth-order valence-electron chi connectivity index (χ4n) is 3.98. The number of nitrogens with zero attached hydrogens (tertiary/aromatic N) is 1. The smallest absolute Gasteiger partial charge is 0.240 e. The summed E-state index contributed by atoms with van der Waals surface area (Å²) in [7, 11) is -3.54. The van der Waals surface area contributed by atoms with Crippen LogP contribution in [-0.4, -0.2) is 33.0 Å². The average Bonchev–Trinajstić information content (AvgIpc) is 2.97. The molecule has 0 aromatic heterocycles. The second-order valence-corrected chi connectivity index (χ2v) is 9.10. The van der Waals surface area contributed by atoms with E-state index in [4.69, 9.17) is 5.73 Å². The minimum Gasteiger partial charge on any atom is -0.325 e. The minimum absolute atomic E-state index is 0. The van der Waals surface area contributed by atoms with Crippen LogP contribution in [0.4, 0.5) is 5.69 Å². The van der Waals surface area contributed by atoms with Gasteiger partial charge in [-0.05, 0) is 43.9 Å². The number of amides is 1. The summed E-state index contributed by atoms with van der Waals surface area (Å²) in [6, 6.07) is 5.04. The van der Waals surface area contributed by atoms with Crippen molar-refractivity contribution in [3.8, 4) is 0 Å². The molecule has 0 spiro atoms. The van der Waals surface area contributed by atoms with Crippen molar-refractivity contribution < 1.29 is 13.2 Å². The van der Waals surface area contributed by atoms with Gasteiger partial charge in [0, 0.05) is 24.3 Å². The molecule has 0 radical (unpaired) electrons. The summed E-state index contributed by atoms with van der Waals surface area (Å²) in [5.74, 6) is -0.178. The van der Waals surface area contributed by atoms with Crippen LogP contribution in [0.2, 0.25) is 0 Å². The molecule has 3 N–H and O–H groups in total. The Morgan fingerprint density at radius 2 is 2.12 bits per heavy atom. The largest absolute Gasteiger partial charge is 0.325 e. The SMILES string of the molecule is CCNS(=O)(=O)c1ccc2c(c1)N(C(=O)C1CCCCC1(C)N)CC2.Cl. The number of sulfonamides is 1. The van der Waals surface area contributed by atoms with Crippen molar-refractivity contribution in [3.63, 3.8) is 0 Å². The molecule has 1 heterocycles. The van der Waals surface area contributed by atoms with E-state index in [0.29, 0.717) is 18.8 Å². The Labute approximate surface area is 162 Å².